The Morgan fingerprint density at radius 3 is 2.90 bits per heavy atom. The first-order valence-corrected chi connectivity index (χ1v) is 3.70. The van der Waals surface area contributed by atoms with Gasteiger partial charge in [-0.1, -0.05) is 26.0 Å². The number of hydrogen-bond donors (Lipinski definition) is 1. The molecule has 0 aromatic carbocycles. The van der Waals surface area contributed by atoms with Gasteiger partial charge in [0.15, 0.2) is 0 Å². The van der Waals surface area contributed by atoms with Crippen molar-refractivity contribution in [3.05, 3.63) is 23.9 Å². The quantitative estimate of drug-likeness (QED) is 0.539. The Morgan fingerprint density at radius 2 is 2.20 bits per heavy atom. The van der Waals surface area contributed by atoms with Crippen LogP contribution >= 0.6 is 0 Å². The summed E-state index contributed by atoms with van der Waals surface area (Å²) in [6, 6.07) is 0. The van der Waals surface area contributed by atoms with E-state index in [9.17, 15) is 0 Å². The van der Waals surface area contributed by atoms with Gasteiger partial charge in [-0.3, -0.25) is 0 Å². The molecule has 0 radical (unpaired) electrons. The van der Waals surface area contributed by atoms with E-state index >= 15 is 0 Å². The predicted octanol–water partition coefficient (Wildman–Crippen LogP) is 2.08. The van der Waals surface area contributed by atoms with Crippen LogP contribution in [0.5, 0.6) is 0 Å². The number of nitrogens with one attached hydrogen (secondary N) is 1. The molecule has 0 saturated heterocycles. The molecule has 0 spiro atoms. The summed E-state index contributed by atoms with van der Waals surface area (Å²) in [4.78, 5) is 0. The molecule has 1 rings (SSSR count). The fourth-order valence-corrected chi connectivity index (χ4v) is 0.939. The lowest BCUT2D eigenvalue weighted by molar-refractivity contribution is 0.466. The third kappa shape index (κ3) is 1.90. The highest BCUT2D eigenvalue weighted by Gasteiger charge is 2.13. The second kappa shape index (κ2) is 2.49. The Kier molecular flexibility index (Phi) is 1.84. The highest BCUT2D eigenvalue weighted by atomic mass is 14.8. The van der Waals surface area contributed by atoms with Gasteiger partial charge >= 0.3 is 0 Å². The molecular weight excluding hydrogens is 122 g/mol. The third-order valence-electron chi connectivity index (χ3n) is 1.68. The van der Waals surface area contributed by atoms with E-state index in [0.717, 1.165) is 6.54 Å². The van der Waals surface area contributed by atoms with Crippen molar-refractivity contribution in [2.24, 2.45) is 5.41 Å². The van der Waals surface area contributed by atoms with Gasteiger partial charge in [0.25, 0.3) is 0 Å². The molecule has 0 saturated carbocycles. The maximum absolute atomic E-state index is 3.26. The van der Waals surface area contributed by atoms with Crippen molar-refractivity contribution in [1.82, 2.24) is 5.32 Å². The van der Waals surface area contributed by atoms with Gasteiger partial charge < -0.3 is 5.32 Å². The average molecular weight is 137 g/mol. The van der Waals surface area contributed by atoms with E-state index in [4.69, 9.17) is 0 Å². The molecule has 56 valence electrons. The molecule has 1 heterocycles. The fraction of sp³-hybridized carbons (Fsp3) is 0.556. The summed E-state index contributed by atoms with van der Waals surface area (Å²) < 4.78 is 0. The first kappa shape index (κ1) is 7.39. The largest absolute Gasteiger partial charge is 0.390 e. The lowest BCUT2D eigenvalue weighted by Crippen LogP contribution is -2.22. The van der Waals surface area contributed by atoms with Crippen molar-refractivity contribution in [2.75, 3.05) is 6.54 Å². The molecule has 1 aliphatic rings. The Labute approximate surface area is 62.8 Å². The van der Waals surface area contributed by atoms with Crippen LogP contribution < -0.4 is 5.32 Å². The van der Waals surface area contributed by atoms with E-state index in [0.29, 0.717) is 5.41 Å². The van der Waals surface area contributed by atoms with E-state index in [2.05, 4.69) is 44.4 Å². The van der Waals surface area contributed by atoms with E-state index in [1.165, 1.54) is 5.57 Å². The topological polar surface area (TPSA) is 12.0 Å². The zero-order valence-electron chi connectivity index (χ0n) is 6.94. The summed E-state index contributed by atoms with van der Waals surface area (Å²) in [6.07, 6.45) is 6.48. The lowest BCUT2D eigenvalue weighted by atomic mass is 9.93. The van der Waals surface area contributed by atoms with Crippen molar-refractivity contribution in [3.8, 4) is 0 Å². The zero-order chi connectivity index (χ0) is 7.61. The van der Waals surface area contributed by atoms with Gasteiger partial charge in [-0.25, -0.2) is 0 Å². The first-order chi connectivity index (χ1) is 4.60. The lowest BCUT2D eigenvalue weighted by Gasteiger charge is -2.17. The van der Waals surface area contributed by atoms with Crippen LogP contribution in [0.25, 0.3) is 0 Å². The minimum Gasteiger partial charge on any atom is -0.390 e. The van der Waals surface area contributed by atoms with Crippen LogP contribution in [0.4, 0.5) is 0 Å². The monoisotopic (exact) mass is 137 g/mol. The number of rotatable bonds is 0. The fourth-order valence-electron chi connectivity index (χ4n) is 0.939. The molecule has 0 amide bonds. The van der Waals surface area contributed by atoms with E-state index < -0.39 is 0 Å². The van der Waals surface area contributed by atoms with E-state index in [1.54, 1.807) is 0 Å². The summed E-state index contributed by atoms with van der Waals surface area (Å²) in [5.74, 6) is 0. The number of allylic oxidation sites excluding steroid dienone is 2. The summed E-state index contributed by atoms with van der Waals surface area (Å²) in [5.41, 5.74) is 1.60. The van der Waals surface area contributed by atoms with Crippen LogP contribution in [0, 0.1) is 5.41 Å². The second-order valence-corrected chi connectivity index (χ2v) is 3.59. The summed E-state index contributed by atoms with van der Waals surface area (Å²) >= 11 is 0. The first-order valence-electron chi connectivity index (χ1n) is 3.70. The standard InChI is InChI=1S/C9H15N/c1-8-4-5-9(2,3)7-10-6-8/h4-6,10H,7H2,1-3H3. The van der Waals surface area contributed by atoms with Gasteiger partial charge in [0.05, 0.1) is 0 Å². The molecular formula is C9H15N. The van der Waals surface area contributed by atoms with Gasteiger partial charge in [0.1, 0.15) is 0 Å². The highest BCUT2D eigenvalue weighted by Crippen LogP contribution is 2.18. The minimum absolute atomic E-state index is 0.300. The second-order valence-electron chi connectivity index (χ2n) is 3.59. The van der Waals surface area contributed by atoms with Gasteiger partial charge in [0.2, 0.25) is 0 Å². The van der Waals surface area contributed by atoms with E-state index in [1.807, 2.05) is 0 Å². The van der Waals surface area contributed by atoms with Crippen LogP contribution in [-0.2, 0) is 0 Å². The van der Waals surface area contributed by atoms with Crippen LogP contribution in [0.3, 0.4) is 0 Å². The average Bonchev–Trinajstić information content (AvgIpc) is 1.94. The van der Waals surface area contributed by atoms with Crippen molar-refractivity contribution in [2.45, 2.75) is 20.8 Å². The Hall–Kier alpha value is -0.720. The number of hydrogen-bond acceptors (Lipinski definition) is 1. The summed E-state index contributed by atoms with van der Waals surface area (Å²) in [5, 5.41) is 3.26. The normalized spacial score (nSPS) is 22.9. The van der Waals surface area contributed by atoms with Crippen LogP contribution in [-0.4, -0.2) is 6.54 Å². The van der Waals surface area contributed by atoms with Crippen LogP contribution in [0.1, 0.15) is 20.8 Å². The molecule has 1 heteroatoms. The van der Waals surface area contributed by atoms with Gasteiger partial charge in [-0.15, -0.1) is 0 Å². The van der Waals surface area contributed by atoms with Crippen LogP contribution in [0.2, 0.25) is 0 Å². The highest BCUT2D eigenvalue weighted by molar-refractivity contribution is 5.19. The minimum atomic E-state index is 0.300. The Bertz CT molecular complexity index is 175. The van der Waals surface area contributed by atoms with Crippen molar-refractivity contribution in [3.63, 3.8) is 0 Å². The maximum Gasteiger partial charge on any atom is 0.0227 e. The van der Waals surface area contributed by atoms with E-state index in [-0.39, 0.29) is 0 Å². The molecule has 0 aromatic heterocycles. The molecule has 0 fully saturated rings. The maximum atomic E-state index is 3.26. The molecule has 1 aliphatic heterocycles. The summed E-state index contributed by atoms with van der Waals surface area (Å²) in [6.45, 7) is 7.58. The Balaban J connectivity index is 2.71. The van der Waals surface area contributed by atoms with Gasteiger partial charge in [-0.2, -0.15) is 0 Å². The molecule has 1 N–H and O–H groups in total. The molecule has 0 bridgehead atoms. The molecule has 0 unspecified atom stereocenters. The summed E-state index contributed by atoms with van der Waals surface area (Å²) in [7, 11) is 0. The smallest absolute Gasteiger partial charge is 0.0227 e. The van der Waals surface area contributed by atoms with Crippen molar-refractivity contribution >= 4 is 0 Å². The SMILES string of the molecule is CC1=CNCC(C)(C)C=C1. The van der Waals surface area contributed by atoms with Crippen LogP contribution in [0.15, 0.2) is 23.9 Å². The molecule has 0 aromatic rings. The Morgan fingerprint density at radius 1 is 1.50 bits per heavy atom. The van der Waals surface area contributed by atoms with Crippen molar-refractivity contribution < 1.29 is 0 Å². The molecule has 0 aliphatic carbocycles. The van der Waals surface area contributed by atoms with Gasteiger partial charge in [-0.05, 0) is 18.7 Å². The van der Waals surface area contributed by atoms with Crippen molar-refractivity contribution in [1.29, 1.82) is 0 Å². The third-order valence-corrected chi connectivity index (χ3v) is 1.68. The zero-order valence-corrected chi connectivity index (χ0v) is 6.94. The molecule has 1 nitrogen and oxygen atoms in total. The van der Waals surface area contributed by atoms with Gasteiger partial charge in [0, 0.05) is 12.0 Å². The molecule has 0 atom stereocenters. The molecule has 10 heavy (non-hydrogen) atoms. The predicted molar refractivity (Wildman–Crippen MR) is 44.7 cm³/mol.